The lowest BCUT2D eigenvalue weighted by Crippen LogP contribution is -2.57. The highest BCUT2D eigenvalue weighted by atomic mass is 16.5. The molecule has 0 fully saturated rings. The zero-order valence-electron chi connectivity index (χ0n) is 11.1. The first-order chi connectivity index (χ1) is 7.65. The van der Waals surface area contributed by atoms with Crippen LogP contribution in [0.2, 0.25) is 0 Å². The largest absolute Gasteiger partial charge is 0.480 e. The first-order valence-electron chi connectivity index (χ1n) is 5.83. The molecular formula is C12H23NO4. The predicted octanol–water partition coefficient (Wildman–Crippen LogP) is 1.55. The van der Waals surface area contributed by atoms with E-state index in [0.29, 0.717) is 6.61 Å². The van der Waals surface area contributed by atoms with Crippen molar-refractivity contribution in [3.63, 3.8) is 0 Å². The quantitative estimate of drug-likeness (QED) is 0.524. The number of carbonyl (C=O) groups is 2. The number of ether oxygens (including phenoxy) is 1. The summed E-state index contributed by atoms with van der Waals surface area (Å²) in [6.07, 6.45) is 1.75. The Balaban J connectivity index is 4.44. The molecule has 3 N–H and O–H groups in total. The Hall–Kier alpha value is -1.10. The minimum Gasteiger partial charge on any atom is -0.480 e. The van der Waals surface area contributed by atoms with Gasteiger partial charge in [0.1, 0.15) is 5.54 Å². The molecule has 0 aliphatic rings. The van der Waals surface area contributed by atoms with E-state index >= 15 is 0 Å². The van der Waals surface area contributed by atoms with Crippen LogP contribution < -0.4 is 5.73 Å². The first-order valence-corrected chi connectivity index (χ1v) is 5.83. The van der Waals surface area contributed by atoms with E-state index in [1.54, 1.807) is 13.8 Å². The Bertz CT molecular complexity index is 284. The molecule has 1 atom stereocenters. The summed E-state index contributed by atoms with van der Waals surface area (Å²) >= 11 is 0. The number of carboxylic acids is 1. The van der Waals surface area contributed by atoms with E-state index in [-0.39, 0.29) is 6.42 Å². The normalized spacial score (nSPS) is 15.1. The predicted molar refractivity (Wildman–Crippen MR) is 64.5 cm³/mol. The summed E-state index contributed by atoms with van der Waals surface area (Å²) in [6, 6.07) is 0. The molecule has 5 nitrogen and oxygen atoms in total. The van der Waals surface area contributed by atoms with Crippen LogP contribution in [0.25, 0.3) is 0 Å². The lowest BCUT2D eigenvalue weighted by Gasteiger charge is -2.36. The minimum atomic E-state index is -1.46. The summed E-state index contributed by atoms with van der Waals surface area (Å²) in [5, 5.41) is 9.03. The van der Waals surface area contributed by atoms with Crippen LogP contribution >= 0.6 is 0 Å². The molecule has 100 valence electrons. The first kappa shape index (κ1) is 15.9. The van der Waals surface area contributed by atoms with E-state index in [2.05, 4.69) is 0 Å². The maximum Gasteiger partial charge on any atom is 0.323 e. The Kier molecular flexibility index (Phi) is 5.61. The Morgan fingerprint density at radius 3 is 2.24 bits per heavy atom. The van der Waals surface area contributed by atoms with Gasteiger partial charge in [0.2, 0.25) is 0 Å². The molecule has 0 aromatic heterocycles. The molecule has 0 bridgehead atoms. The lowest BCUT2D eigenvalue weighted by atomic mass is 9.71. The van der Waals surface area contributed by atoms with Gasteiger partial charge in [-0.25, -0.2) is 0 Å². The molecule has 0 amide bonds. The van der Waals surface area contributed by atoms with Crippen molar-refractivity contribution < 1.29 is 19.4 Å². The molecule has 0 rings (SSSR count). The number of carboxylic acid groups (broad SMARTS) is 1. The van der Waals surface area contributed by atoms with Gasteiger partial charge in [0, 0.05) is 5.41 Å². The zero-order valence-corrected chi connectivity index (χ0v) is 11.1. The molecule has 0 spiro atoms. The third-order valence-corrected chi connectivity index (χ3v) is 3.20. The van der Waals surface area contributed by atoms with E-state index in [1.807, 2.05) is 6.92 Å². The van der Waals surface area contributed by atoms with Gasteiger partial charge in [-0.3, -0.25) is 9.59 Å². The van der Waals surface area contributed by atoms with Crippen LogP contribution in [0.15, 0.2) is 0 Å². The standard InChI is InChI=1S/C12H23NO4/c1-5-6-7-17-9(14)8-11(2,3)12(4,13)10(15)16/h5-8,13H2,1-4H3,(H,15,16). The fourth-order valence-corrected chi connectivity index (χ4v) is 1.22. The Labute approximate surface area is 102 Å². The van der Waals surface area contributed by atoms with Gasteiger partial charge in [0.05, 0.1) is 13.0 Å². The number of nitrogens with two attached hydrogens (primary N) is 1. The second kappa shape index (κ2) is 6.00. The third-order valence-electron chi connectivity index (χ3n) is 3.20. The van der Waals surface area contributed by atoms with Gasteiger partial charge in [0.25, 0.3) is 0 Å². The molecular weight excluding hydrogens is 222 g/mol. The average Bonchev–Trinajstić information content (AvgIpc) is 2.16. The Morgan fingerprint density at radius 2 is 1.82 bits per heavy atom. The van der Waals surface area contributed by atoms with Crippen LogP contribution in [0.4, 0.5) is 0 Å². The lowest BCUT2D eigenvalue weighted by molar-refractivity contribution is -0.152. The van der Waals surface area contributed by atoms with Crippen molar-refractivity contribution in [1.82, 2.24) is 0 Å². The number of rotatable bonds is 7. The summed E-state index contributed by atoms with van der Waals surface area (Å²) < 4.78 is 5.01. The van der Waals surface area contributed by atoms with Crippen LogP contribution in [0.1, 0.15) is 47.0 Å². The van der Waals surface area contributed by atoms with Crippen LogP contribution in [0, 0.1) is 5.41 Å². The second-order valence-electron chi connectivity index (χ2n) is 5.14. The minimum absolute atomic E-state index is 0.00395. The molecule has 0 aliphatic heterocycles. The third kappa shape index (κ3) is 4.34. The average molecular weight is 245 g/mol. The Morgan fingerprint density at radius 1 is 1.29 bits per heavy atom. The van der Waals surface area contributed by atoms with E-state index in [9.17, 15) is 9.59 Å². The van der Waals surface area contributed by atoms with Gasteiger partial charge in [0.15, 0.2) is 0 Å². The molecule has 0 saturated carbocycles. The SMILES string of the molecule is CCCCOC(=O)CC(C)(C)C(C)(N)C(=O)O. The van der Waals surface area contributed by atoms with Crippen molar-refractivity contribution in [3.8, 4) is 0 Å². The number of hydrogen-bond acceptors (Lipinski definition) is 4. The number of hydrogen-bond donors (Lipinski definition) is 2. The molecule has 0 aromatic carbocycles. The highest BCUT2D eigenvalue weighted by molar-refractivity contribution is 5.81. The van der Waals surface area contributed by atoms with Crippen molar-refractivity contribution in [2.45, 2.75) is 52.5 Å². The fraction of sp³-hybridized carbons (Fsp3) is 0.833. The summed E-state index contributed by atoms with van der Waals surface area (Å²) in [6.45, 7) is 7.10. The molecule has 0 aromatic rings. The molecule has 0 aliphatic carbocycles. The number of esters is 1. The van der Waals surface area contributed by atoms with Gasteiger partial charge in [-0.15, -0.1) is 0 Å². The molecule has 0 saturated heterocycles. The molecule has 17 heavy (non-hydrogen) atoms. The highest BCUT2D eigenvalue weighted by Crippen LogP contribution is 2.33. The fourth-order valence-electron chi connectivity index (χ4n) is 1.22. The van der Waals surface area contributed by atoms with E-state index in [4.69, 9.17) is 15.6 Å². The van der Waals surface area contributed by atoms with Crippen molar-refractivity contribution >= 4 is 11.9 Å². The number of carbonyl (C=O) groups excluding carboxylic acids is 1. The van der Waals surface area contributed by atoms with Gasteiger partial charge in [-0.2, -0.15) is 0 Å². The number of aliphatic carboxylic acids is 1. The van der Waals surface area contributed by atoms with Gasteiger partial charge < -0.3 is 15.6 Å². The molecule has 0 heterocycles. The van der Waals surface area contributed by atoms with Crippen LogP contribution in [-0.2, 0) is 14.3 Å². The van der Waals surface area contributed by atoms with E-state index < -0.39 is 22.9 Å². The maximum atomic E-state index is 11.5. The van der Waals surface area contributed by atoms with Crippen molar-refractivity contribution in [1.29, 1.82) is 0 Å². The topological polar surface area (TPSA) is 89.6 Å². The van der Waals surface area contributed by atoms with Gasteiger partial charge >= 0.3 is 11.9 Å². The summed E-state index contributed by atoms with van der Waals surface area (Å²) in [7, 11) is 0. The maximum absolute atomic E-state index is 11.5. The molecule has 5 heteroatoms. The van der Waals surface area contributed by atoms with Crippen molar-refractivity contribution in [2.75, 3.05) is 6.61 Å². The van der Waals surface area contributed by atoms with E-state index in [1.165, 1.54) is 6.92 Å². The summed E-state index contributed by atoms with van der Waals surface area (Å²) in [5.41, 5.74) is 3.41. The second-order valence-corrected chi connectivity index (χ2v) is 5.14. The van der Waals surface area contributed by atoms with Crippen molar-refractivity contribution in [3.05, 3.63) is 0 Å². The van der Waals surface area contributed by atoms with Gasteiger partial charge in [-0.1, -0.05) is 27.2 Å². The molecule has 1 unspecified atom stereocenters. The zero-order chi connectivity index (χ0) is 13.7. The van der Waals surface area contributed by atoms with E-state index in [0.717, 1.165) is 12.8 Å². The van der Waals surface area contributed by atoms with Crippen LogP contribution in [-0.4, -0.2) is 29.2 Å². The van der Waals surface area contributed by atoms with Crippen LogP contribution in [0.3, 0.4) is 0 Å². The van der Waals surface area contributed by atoms with Gasteiger partial charge in [-0.05, 0) is 13.3 Å². The number of unbranched alkanes of at least 4 members (excludes halogenated alkanes) is 1. The highest BCUT2D eigenvalue weighted by Gasteiger charge is 2.45. The summed E-state index contributed by atoms with van der Waals surface area (Å²) in [4.78, 5) is 22.6. The van der Waals surface area contributed by atoms with Crippen molar-refractivity contribution in [2.24, 2.45) is 11.1 Å². The van der Waals surface area contributed by atoms with Crippen LogP contribution in [0.5, 0.6) is 0 Å². The molecule has 0 radical (unpaired) electrons. The summed E-state index contributed by atoms with van der Waals surface area (Å²) in [5.74, 6) is -1.52. The monoisotopic (exact) mass is 245 g/mol. The smallest absolute Gasteiger partial charge is 0.323 e.